The lowest BCUT2D eigenvalue weighted by Gasteiger charge is -2.55. The Kier molecular flexibility index (Phi) is 4.67. The summed E-state index contributed by atoms with van der Waals surface area (Å²) in [7, 11) is 0. The molecule has 0 bridgehead atoms. The molecule has 1 aromatic carbocycles. The van der Waals surface area contributed by atoms with Crippen LogP contribution in [0.5, 0.6) is 0 Å². The monoisotopic (exact) mass is 375 g/mol. The molecule has 6 nitrogen and oxygen atoms in total. The third-order valence-corrected chi connectivity index (χ3v) is 5.45. The lowest BCUT2D eigenvalue weighted by Crippen LogP contribution is -2.66. The van der Waals surface area contributed by atoms with Crippen molar-refractivity contribution in [3.05, 3.63) is 58.4 Å². The normalized spacial score (nSPS) is 18.3. The van der Waals surface area contributed by atoms with Crippen LogP contribution in [0.15, 0.2) is 36.5 Å². The second-order valence-corrected chi connectivity index (χ2v) is 7.84. The molecule has 2 heterocycles. The summed E-state index contributed by atoms with van der Waals surface area (Å²) in [6, 6.07) is 9.33. The maximum absolute atomic E-state index is 11.8. The smallest absolute Gasteiger partial charge is 0.407 e. The van der Waals surface area contributed by atoms with Gasteiger partial charge in [0.15, 0.2) is 5.15 Å². The van der Waals surface area contributed by atoms with E-state index in [9.17, 15) is 15.0 Å². The van der Waals surface area contributed by atoms with Crippen molar-refractivity contribution in [2.45, 2.75) is 32.3 Å². The molecule has 0 aliphatic carbocycles. The minimum atomic E-state index is -1.44. The number of hydrogen-bond acceptors (Lipinski definition) is 4. The molecule has 1 amide bonds. The Morgan fingerprint density at radius 3 is 2.38 bits per heavy atom. The van der Waals surface area contributed by atoms with E-state index in [1.807, 2.05) is 31.2 Å². The fourth-order valence-electron chi connectivity index (χ4n) is 3.67. The maximum Gasteiger partial charge on any atom is 0.407 e. The van der Waals surface area contributed by atoms with Gasteiger partial charge in [-0.1, -0.05) is 56.6 Å². The summed E-state index contributed by atoms with van der Waals surface area (Å²) in [6.45, 7) is 6.50. The quantitative estimate of drug-likeness (QED) is 0.854. The van der Waals surface area contributed by atoms with Crippen molar-refractivity contribution in [2.75, 3.05) is 13.1 Å². The Morgan fingerprint density at radius 2 is 1.88 bits per heavy atom. The van der Waals surface area contributed by atoms with Gasteiger partial charge in [-0.2, -0.15) is 5.10 Å². The SMILES string of the molecule is CC(C)c1ccc([C@](O)(c2cnnc(Cl)c2)C2(C)CN(C(=O)O)C2)cc1. The van der Waals surface area contributed by atoms with Gasteiger partial charge < -0.3 is 15.1 Å². The van der Waals surface area contributed by atoms with Crippen molar-refractivity contribution in [3.8, 4) is 0 Å². The number of carboxylic acid groups (broad SMARTS) is 1. The van der Waals surface area contributed by atoms with Crippen molar-refractivity contribution < 1.29 is 15.0 Å². The maximum atomic E-state index is 11.8. The van der Waals surface area contributed by atoms with E-state index in [1.54, 1.807) is 6.07 Å². The molecule has 2 aromatic rings. The van der Waals surface area contributed by atoms with Gasteiger partial charge in [-0.05, 0) is 23.1 Å². The van der Waals surface area contributed by atoms with E-state index >= 15 is 0 Å². The molecular weight excluding hydrogens is 354 g/mol. The number of benzene rings is 1. The van der Waals surface area contributed by atoms with Crippen LogP contribution >= 0.6 is 11.6 Å². The largest absolute Gasteiger partial charge is 0.465 e. The molecule has 1 fully saturated rings. The van der Waals surface area contributed by atoms with E-state index in [0.717, 1.165) is 5.56 Å². The average molecular weight is 376 g/mol. The van der Waals surface area contributed by atoms with Crippen molar-refractivity contribution in [1.29, 1.82) is 0 Å². The van der Waals surface area contributed by atoms with Crippen LogP contribution in [-0.4, -0.2) is 44.5 Å². The van der Waals surface area contributed by atoms with Crippen LogP contribution in [-0.2, 0) is 5.60 Å². The zero-order valence-electron chi connectivity index (χ0n) is 15.0. The van der Waals surface area contributed by atoms with Crippen LogP contribution in [0.2, 0.25) is 5.15 Å². The molecule has 1 aliphatic heterocycles. The average Bonchev–Trinajstić information content (AvgIpc) is 2.58. The summed E-state index contributed by atoms with van der Waals surface area (Å²) in [5.74, 6) is 0.371. The summed E-state index contributed by atoms with van der Waals surface area (Å²) in [6.07, 6.45) is 0.488. The highest BCUT2D eigenvalue weighted by Crippen LogP contribution is 2.50. The number of rotatable bonds is 4. The number of aliphatic hydroxyl groups is 1. The van der Waals surface area contributed by atoms with Crippen molar-refractivity contribution in [1.82, 2.24) is 15.1 Å². The summed E-state index contributed by atoms with van der Waals surface area (Å²) < 4.78 is 0. The molecule has 1 aliphatic rings. The number of hydrogen-bond donors (Lipinski definition) is 2. The van der Waals surface area contributed by atoms with Gasteiger partial charge in [-0.25, -0.2) is 4.79 Å². The molecule has 0 unspecified atom stereocenters. The molecule has 138 valence electrons. The predicted octanol–water partition coefficient (Wildman–Crippen LogP) is 3.49. The molecular formula is C19H22ClN3O3. The summed E-state index contributed by atoms with van der Waals surface area (Å²) >= 11 is 6.01. The second kappa shape index (κ2) is 6.52. The standard InChI is InChI=1S/C19H22ClN3O3/c1-12(2)13-4-6-14(7-5-13)19(26,15-8-16(20)22-21-9-15)18(3)10-23(11-18)17(24)25/h4-9,12,26H,10-11H2,1-3H3,(H,24,25)/t19-/m0/s1. The molecule has 7 heteroatoms. The highest BCUT2D eigenvalue weighted by molar-refractivity contribution is 6.29. The molecule has 26 heavy (non-hydrogen) atoms. The number of carbonyl (C=O) groups is 1. The molecule has 1 aromatic heterocycles. The molecule has 0 saturated carbocycles. The van der Waals surface area contributed by atoms with Crippen molar-refractivity contribution in [3.63, 3.8) is 0 Å². The van der Waals surface area contributed by atoms with Gasteiger partial charge in [0.05, 0.1) is 6.20 Å². The Morgan fingerprint density at radius 1 is 1.27 bits per heavy atom. The molecule has 1 saturated heterocycles. The van der Waals surface area contributed by atoms with Crippen LogP contribution in [0.1, 0.15) is 43.4 Å². The van der Waals surface area contributed by atoms with Gasteiger partial charge >= 0.3 is 6.09 Å². The Labute approximate surface area is 157 Å². The van der Waals surface area contributed by atoms with E-state index in [1.165, 1.54) is 11.1 Å². The highest BCUT2D eigenvalue weighted by Gasteiger charge is 2.57. The van der Waals surface area contributed by atoms with Crippen molar-refractivity contribution in [2.24, 2.45) is 5.41 Å². The Bertz CT molecular complexity index is 819. The first-order valence-corrected chi connectivity index (χ1v) is 8.84. The van der Waals surface area contributed by atoms with E-state index in [4.69, 9.17) is 11.6 Å². The van der Waals surface area contributed by atoms with Gasteiger partial charge in [-0.15, -0.1) is 5.10 Å². The minimum Gasteiger partial charge on any atom is -0.465 e. The van der Waals surface area contributed by atoms with Gasteiger partial charge in [-0.3, -0.25) is 0 Å². The Hall–Kier alpha value is -2.18. The molecule has 2 N–H and O–H groups in total. The summed E-state index contributed by atoms with van der Waals surface area (Å²) in [4.78, 5) is 12.5. The number of aromatic nitrogens is 2. The van der Waals surface area contributed by atoms with E-state index in [-0.39, 0.29) is 18.2 Å². The molecule has 1 atom stereocenters. The van der Waals surface area contributed by atoms with Gasteiger partial charge in [0.1, 0.15) is 5.60 Å². The van der Waals surface area contributed by atoms with Gasteiger partial charge in [0.25, 0.3) is 0 Å². The molecule has 0 radical (unpaired) electrons. The third kappa shape index (κ3) is 2.93. The van der Waals surface area contributed by atoms with E-state index in [0.29, 0.717) is 17.0 Å². The van der Waals surface area contributed by atoms with Crippen LogP contribution in [0.3, 0.4) is 0 Å². The van der Waals surface area contributed by atoms with Crippen LogP contribution in [0.4, 0.5) is 4.79 Å². The van der Waals surface area contributed by atoms with Crippen LogP contribution < -0.4 is 0 Å². The third-order valence-electron chi connectivity index (χ3n) is 5.26. The summed E-state index contributed by atoms with van der Waals surface area (Å²) in [5, 5.41) is 28.9. The van der Waals surface area contributed by atoms with E-state index < -0.39 is 17.1 Å². The minimum absolute atomic E-state index is 0.178. The topological polar surface area (TPSA) is 86.6 Å². The fraction of sp³-hybridized carbons (Fsp3) is 0.421. The Balaban J connectivity index is 2.09. The number of halogens is 1. The lowest BCUT2D eigenvalue weighted by atomic mass is 9.62. The summed E-state index contributed by atoms with van der Waals surface area (Å²) in [5.41, 5.74) is 0.194. The number of nitrogens with zero attached hydrogens (tertiary/aromatic N) is 3. The first kappa shape index (κ1) is 18.6. The van der Waals surface area contributed by atoms with Crippen LogP contribution in [0.25, 0.3) is 0 Å². The second-order valence-electron chi connectivity index (χ2n) is 7.45. The first-order chi connectivity index (χ1) is 12.2. The van der Waals surface area contributed by atoms with Gasteiger partial charge in [0, 0.05) is 24.1 Å². The lowest BCUT2D eigenvalue weighted by molar-refractivity contribution is -0.124. The number of amides is 1. The fourth-order valence-corrected chi connectivity index (χ4v) is 3.83. The molecule has 3 rings (SSSR count). The zero-order valence-corrected chi connectivity index (χ0v) is 15.7. The van der Waals surface area contributed by atoms with Gasteiger partial charge in [0.2, 0.25) is 0 Å². The number of likely N-dealkylation sites (tertiary alicyclic amines) is 1. The zero-order chi connectivity index (χ0) is 19.1. The first-order valence-electron chi connectivity index (χ1n) is 8.47. The van der Waals surface area contributed by atoms with Crippen molar-refractivity contribution >= 4 is 17.7 Å². The van der Waals surface area contributed by atoms with Crippen LogP contribution in [0, 0.1) is 5.41 Å². The predicted molar refractivity (Wildman–Crippen MR) is 98.3 cm³/mol. The highest BCUT2D eigenvalue weighted by atomic mass is 35.5. The van der Waals surface area contributed by atoms with E-state index in [2.05, 4.69) is 24.0 Å². The molecule has 0 spiro atoms.